The van der Waals surface area contributed by atoms with Crippen molar-refractivity contribution in [2.45, 2.75) is 45.6 Å². The SMILES string of the molecule is CC1(O)CCCN(CC(C)(C)C(=O)O)CC1. The molecule has 1 heterocycles. The summed E-state index contributed by atoms with van der Waals surface area (Å²) in [6.07, 6.45) is 2.46. The van der Waals surface area contributed by atoms with Crippen molar-refractivity contribution < 1.29 is 15.0 Å². The van der Waals surface area contributed by atoms with Crippen LogP contribution in [0.5, 0.6) is 0 Å². The van der Waals surface area contributed by atoms with Crippen molar-refractivity contribution in [3.05, 3.63) is 0 Å². The van der Waals surface area contributed by atoms with E-state index in [1.807, 2.05) is 6.92 Å². The van der Waals surface area contributed by atoms with Crippen LogP contribution in [-0.2, 0) is 4.79 Å². The molecule has 1 fully saturated rings. The van der Waals surface area contributed by atoms with E-state index in [2.05, 4.69) is 4.90 Å². The van der Waals surface area contributed by atoms with E-state index in [0.717, 1.165) is 32.4 Å². The van der Waals surface area contributed by atoms with Gasteiger partial charge in [0, 0.05) is 13.1 Å². The number of carboxylic acids is 1. The molecule has 0 bridgehead atoms. The normalized spacial score (nSPS) is 28.8. The topological polar surface area (TPSA) is 60.8 Å². The van der Waals surface area contributed by atoms with Crippen LogP contribution >= 0.6 is 0 Å². The zero-order valence-electron chi connectivity index (χ0n) is 10.5. The van der Waals surface area contributed by atoms with Gasteiger partial charge in [0.2, 0.25) is 0 Å². The fourth-order valence-corrected chi connectivity index (χ4v) is 2.10. The Labute approximate surface area is 97.3 Å². The lowest BCUT2D eigenvalue weighted by Gasteiger charge is -2.29. The highest BCUT2D eigenvalue weighted by Crippen LogP contribution is 2.24. The highest BCUT2D eigenvalue weighted by molar-refractivity contribution is 5.73. The van der Waals surface area contributed by atoms with Crippen LogP contribution in [0, 0.1) is 5.41 Å². The number of rotatable bonds is 3. The molecule has 0 saturated carbocycles. The molecule has 4 nitrogen and oxygen atoms in total. The quantitative estimate of drug-likeness (QED) is 0.766. The molecule has 0 radical (unpaired) electrons. The summed E-state index contributed by atoms with van der Waals surface area (Å²) < 4.78 is 0. The first-order valence-electron chi connectivity index (χ1n) is 5.91. The second kappa shape index (κ2) is 4.72. The molecule has 94 valence electrons. The Bertz CT molecular complexity index is 261. The van der Waals surface area contributed by atoms with Crippen molar-refractivity contribution in [1.29, 1.82) is 0 Å². The van der Waals surface area contributed by atoms with Gasteiger partial charge in [-0.25, -0.2) is 0 Å². The number of carbonyl (C=O) groups is 1. The maximum atomic E-state index is 11.0. The summed E-state index contributed by atoms with van der Waals surface area (Å²) in [5.74, 6) is -0.761. The minimum Gasteiger partial charge on any atom is -0.481 e. The van der Waals surface area contributed by atoms with Crippen LogP contribution in [0.1, 0.15) is 40.0 Å². The molecule has 4 heteroatoms. The Balaban J connectivity index is 2.53. The summed E-state index contributed by atoms with van der Waals surface area (Å²) in [6.45, 7) is 7.57. The summed E-state index contributed by atoms with van der Waals surface area (Å²) in [7, 11) is 0. The van der Waals surface area contributed by atoms with Crippen LogP contribution in [-0.4, -0.2) is 46.3 Å². The largest absolute Gasteiger partial charge is 0.481 e. The fraction of sp³-hybridized carbons (Fsp3) is 0.917. The minimum atomic E-state index is -0.761. The molecule has 16 heavy (non-hydrogen) atoms. The predicted molar refractivity (Wildman–Crippen MR) is 62.3 cm³/mol. The average molecular weight is 229 g/mol. The summed E-state index contributed by atoms with van der Waals surface area (Å²) in [4.78, 5) is 13.2. The summed E-state index contributed by atoms with van der Waals surface area (Å²) in [6, 6.07) is 0. The van der Waals surface area contributed by atoms with Gasteiger partial charge in [0.05, 0.1) is 11.0 Å². The third kappa shape index (κ3) is 3.76. The highest BCUT2D eigenvalue weighted by atomic mass is 16.4. The van der Waals surface area contributed by atoms with Crippen LogP contribution in [0.25, 0.3) is 0 Å². The van der Waals surface area contributed by atoms with E-state index >= 15 is 0 Å². The molecule has 0 aromatic heterocycles. The van der Waals surface area contributed by atoms with E-state index in [9.17, 15) is 9.90 Å². The number of hydrogen-bond acceptors (Lipinski definition) is 3. The summed E-state index contributed by atoms with van der Waals surface area (Å²) >= 11 is 0. The van der Waals surface area contributed by atoms with Gasteiger partial charge < -0.3 is 15.1 Å². The Morgan fingerprint density at radius 2 is 2.00 bits per heavy atom. The fourth-order valence-electron chi connectivity index (χ4n) is 2.10. The van der Waals surface area contributed by atoms with Crippen LogP contribution in [0.3, 0.4) is 0 Å². The lowest BCUT2D eigenvalue weighted by atomic mass is 9.93. The molecule has 1 saturated heterocycles. The lowest BCUT2D eigenvalue weighted by Crippen LogP contribution is -2.40. The van der Waals surface area contributed by atoms with Crippen molar-refractivity contribution in [3.8, 4) is 0 Å². The molecule has 0 amide bonds. The number of aliphatic carboxylic acids is 1. The van der Waals surface area contributed by atoms with E-state index < -0.39 is 17.0 Å². The van der Waals surface area contributed by atoms with Gasteiger partial charge in [0.15, 0.2) is 0 Å². The van der Waals surface area contributed by atoms with Crippen LogP contribution < -0.4 is 0 Å². The Morgan fingerprint density at radius 3 is 2.56 bits per heavy atom. The van der Waals surface area contributed by atoms with Gasteiger partial charge in [-0.15, -0.1) is 0 Å². The van der Waals surface area contributed by atoms with Gasteiger partial charge in [-0.05, 0) is 46.6 Å². The van der Waals surface area contributed by atoms with Gasteiger partial charge in [0.1, 0.15) is 0 Å². The monoisotopic (exact) mass is 229 g/mol. The van der Waals surface area contributed by atoms with Crippen LogP contribution in [0.15, 0.2) is 0 Å². The van der Waals surface area contributed by atoms with Crippen LogP contribution in [0.4, 0.5) is 0 Å². The molecule has 2 N–H and O–H groups in total. The molecule has 0 aliphatic carbocycles. The van der Waals surface area contributed by atoms with Gasteiger partial charge in [0.25, 0.3) is 0 Å². The summed E-state index contributed by atoms with van der Waals surface area (Å²) in [5.41, 5.74) is -1.29. The van der Waals surface area contributed by atoms with E-state index in [1.54, 1.807) is 13.8 Å². The first kappa shape index (κ1) is 13.5. The zero-order chi connectivity index (χ0) is 12.4. The molecular weight excluding hydrogens is 206 g/mol. The number of nitrogens with zero attached hydrogens (tertiary/aromatic N) is 1. The van der Waals surface area contributed by atoms with Crippen LogP contribution in [0.2, 0.25) is 0 Å². The molecular formula is C12H23NO3. The first-order valence-corrected chi connectivity index (χ1v) is 5.91. The van der Waals surface area contributed by atoms with Gasteiger partial charge >= 0.3 is 5.97 Å². The third-order valence-corrected chi connectivity index (χ3v) is 3.35. The summed E-state index contributed by atoms with van der Waals surface area (Å²) in [5, 5.41) is 19.0. The number of carboxylic acid groups (broad SMARTS) is 1. The van der Waals surface area contributed by atoms with Gasteiger partial charge in [-0.1, -0.05) is 0 Å². The van der Waals surface area contributed by atoms with E-state index in [1.165, 1.54) is 0 Å². The second-order valence-corrected chi connectivity index (χ2v) is 5.82. The third-order valence-electron chi connectivity index (χ3n) is 3.35. The molecule has 1 unspecified atom stereocenters. The van der Waals surface area contributed by atoms with E-state index in [-0.39, 0.29) is 0 Å². The maximum Gasteiger partial charge on any atom is 0.310 e. The number of likely N-dealkylation sites (tertiary alicyclic amines) is 1. The molecule has 1 aliphatic heterocycles. The molecule has 1 atom stereocenters. The number of hydrogen-bond donors (Lipinski definition) is 2. The Morgan fingerprint density at radius 1 is 1.38 bits per heavy atom. The van der Waals surface area contributed by atoms with Crippen molar-refractivity contribution >= 4 is 5.97 Å². The number of aliphatic hydroxyl groups is 1. The maximum absolute atomic E-state index is 11.0. The Hall–Kier alpha value is -0.610. The zero-order valence-corrected chi connectivity index (χ0v) is 10.5. The molecule has 0 aromatic rings. The van der Waals surface area contributed by atoms with Crippen molar-refractivity contribution in [1.82, 2.24) is 4.90 Å². The first-order chi connectivity index (χ1) is 7.23. The second-order valence-electron chi connectivity index (χ2n) is 5.82. The standard InChI is InChI=1S/C12H23NO3/c1-11(2,10(14)15)9-13-7-4-5-12(3,16)6-8-13/h16H,4-9H2,1-3H3,(H,14,15). The molecule has 0 spiro atoms. The smallest absolute Gasteiger partial charge is 0.310 e. The molecule has 1 rings (SSSR count). The van der Waals surface area contributed by atoms with E-state index in [0.29, 0.717) is 6.54 Å². The average Bonchev–Trinajstić information content (AvgIpc) is 2.27. The molecule has 0 aromatic carbocycles. The Kier molecular flexibility index (Phi) is 3.97. The minimum absolute atomic E-state index is 0.554. The van der Waals surface area contributed by atoms with Crippen molar-refractivity contribution in [2.24, 2.45) is 5.41 Å². The van der Waals surface area contributed by atoms with Gasteiger partial charge in [-0.2, -0.15) is 0 Å². The van der Waals surface area contributed by atoms with Crippen molar-refractivity contribution in [3.63, 3.8) is 0 Å². The molecule has 1 aliphatic rings. The predicted octanol–water partition coefficient (Wildman–Crippen LogP) is 1.33. The van der Waals surface area contributed by atoms with E-state index in [4.69, 9.17) is 5.11 Å². The lowest BCUT2D eigenvalue weighted by molar-refractivity contribution is -0.148. The highest BCUT2D eigenvalue weighted by Gasteiger charge is 2.32. The van der Waals surface area contributed by atoms with Crippen molar-refractivity contribution in [2.75, 3.05) is 19.6 Å². The van der Waals surface area contributed by atoms with Gasteiger partial charge in [-0.3, -0.25) is 4.79 Å².